The van der Waals surface area contributed by atoms with E-state index in [1.54, 1.807) is 0 Å². The Bertz CT molecular complexity index is 396. The van der Waals surface area contributed by atoms with Gasteiger partial charge in [0.25, 0.3) is 5.91 Å². The number of unbranched alkanes of at least 4 members (excludes halogenated alkanes) is 1. The SMILES string of the molecule is CC(C)C[C@H](NC(=O)[C@@H]1CO1)C(=O)NCCCCNC(=N)N. The van der Waals surface area contributed by atoms with Crippen molar-refractivity contribution in [3.05, 3.63) is 0 Å². The molecule has 1 saturated heterocycles. The second-order valence-electron chi connectivity index (χ2n) is 5.85. The number of hydrogen-bond donors (Lipinski definition) is 5. The fourth-order valence-corrected chi connectivity index (χ4v) is 1.97. The van der Waals surface area contributed by atoms with Crippen LogP contribution in [0.15, 0.2) is 0 Å². The number of epoxide rings is 1. The highest BCUT2D eigenvalue weighted by Gasteiger charge is 2.34. The summed E-state index contributed by atoms with van der Waals surface area (Å²) in [5, 5.41) is 15.3. The number of ether oxygens (including phenoxy) is 1. The van der Waals surface area contributed by atoms with Crippen LogP contribution in [0.1, 0.15) is 33.1 Å². The van der Waals surface area contributed by atoms with Gasteiger partial charge in [-0.25, -0.2) is 0 Å². The molecule has 22 heavy (non-hydrogen) atoms. The van der Waals surface area contributed by atoms with Gasteiger partial charge >= 0.3 is 0 Å². The van der Waals surface area contributed by atoms with Crippen LogP contribution in [0.3, 0.4) is 0 Å². The molecule has 0 aromatic carbocycles. The van der Waals surface area contributed by atoms with E-state index >= 15 is 0 Å². The minimum Gasteiger partial charge on any atom is -0.370 e. The minimum absolute atomic E-state index is 0.0500. The Morgan fingerprint density at radius 2 is 1.86 bits per heavy atom. The van der Waals surface area contributed by atoms with E-state index in [9.17, 15) is 9.59 Å². The number of carbonyl (C=O) groups excluding carboxylic acids is 2. The van der Waals surface area contributed by atoms with Gasteiger partial charge in [0.1, 0.15) is 6.04 Å². The second kappa shape index (κ2) is 9.24. The summed E-state index contributed by atoms with van der Waals surface area (Å²) >= 11 is 0. The summed E-state index contributed by atoms with van der Waals surface area (Å²) < 4.78 is 4.92. The van der Waals surface area contributed by atoms with E-state index in [0.29, 0.717) is 32.0 Å². The molecule has 2 atom stereocenters. The van der Waals surface area contributed by atoms with Crippen molar-refractivity contribution in [2.75, 3.05) is 19.7 Å². The fourth-order valence-electron chi connectivity index (χ4n) is 1.97. The maximum Gasteiger partial charge on any atom is 0.252 e. The molecule has 126 valence electrons. The lowest BCUT2D eigenvalue weighted by molar-refractivity contribution is -0.129. The number of rotatable bonds is 10. The van der Waals surface area contributed by atoms with Gasteiger partial charge in [-0.1, -0.05) is 13.8 Å². The van der Waals surface area contributed by atoms with E-state index in [4.69, 9.17) is 15.9 Å². The number of carbonyl (C=O) groups is 2. The molecule has 8 heteroatoms. The lowest BCUT2D eigenvalue weighted by Crippen LogP contribution is -2.48. The summed E-state index contributed by atoms with van der Waals surface area (Å²) in [5.74, 6) is -0.129. The lowest BCUT2D eigenvalue weighted by Gasteiger charge is -2.19. The second-order valence-corrected chi connectivity index (χ2v) is 5.85. The van der Waals surface area contributed by atoms with Gasteiger partial charge in [-0.15, -0.1) is 0 Å². The molecule has 0 saturated carbocycles. The van der Waals surface area contributed by atoms with E-state index in [1.807, 2.05) is 13.8 Å². The van der Waals surface area contributed by atoms with Gasteiger partial charge in [0, 0.05) is 13.1 Å². The Morgan fingerprint density at radius 3 is 2.36 bits per heavy atom. The minimum atomic E-state index is -0.521. The van der Waals surface area contributed by atoms with Crippen LogP contribution in [0.25, 0.3) is 0 Å². The van der Waals surface area contributed by atoms with Crippen LogP contribution in [-0.4, -0.2) is 49.6 Å². The summed E-state index contributed by atoms with van der Waals surface area (Å²) in [4.78, 5) is 23.9. The highest BCUT2D eigenvalue weighted by molar-refractivity contribution is 5.90. The molecule has 0 aromatic heterocycles. The molecule has 1 aliphatic rings. The maximum atomic E-state index is 12.2. The standard InChI is InChI=1S/C14H27N5O3/c1-9(2)7-10(19-13(21)11-8-22-11)12(20)17-5-3-4-6-18-14(15)16/h9-11H,3-8H2,1-2H3,(H,17,20)(H,19,21)(H4,15,16,18)/t10-,11-/m0/s1. The van der Waals surface area contributed by atoms with Crippen molar-refractivity contribution in [1.82, 2.24) is 16.0 Å². The summed E-state index contributed by atoms with van der Waals surface area (Å²) in [6.07, 6.45) is 1.79. The molecule has 1 rings (SSSR count). The zero-order valence-corrected chi connectivity index (χ0v) is 13.3. The van der Waals surface area contributed by atoms with Crippen molar-refractivity contribution < 1.29 is 14.3 Å². The molecule has 1 fully saturated rings. The van der Waals surface area contributed by atoms with Gasteiger partial charge in [0.05, 0.1) is 6.61 Å². The van der Waals surface area contributed by atoms with E-state index in [0.717, 1.165) is 12.8 Å². The van der Waals surface area contributed by atoms with Crippen molar-refractivity contribution in [3.63, 3.8) is 0 Å². The number of amides is 2. The van der Waals surface area contributed by atoms with Gasteiger partial charge < -0.3 is 26.4 Å². The number of hydrogen-bond acceptors (Lipinski definition) is 4. The topological polar surface area (TPSA) is 133 Å². The molecular formula is C14H27N5O3. The molecule has 0 radical (unpaired) electrons. The fraction of sp³-hybridized carbons (Fsp3) is 0.786. The molecule has 0 unspecified atom stereocenters. The molecule has 2 amide bonds. The van der Waals surface area contributed by atoms with Crippen molar-refractivity contribution in [2.24, 2.45) is 11.7 Å². The van der Waals surface area contributed by atoms with Gasteiger partial charge in [0.2, 0.25) is 5.91 Å². The van der Waals surface area contributed by atoms with Crippen LogP contribution >= 0.6 is 0 Å². The van der Waals surface area contributed by atoms with Crippen LogP contribution in [0.4, 0.5) is 0 Å². The zero-order valence-electron chi connectivity index (χ0n) is 13.3. The molecule has 1 heterocycles. The quantitative estimate of drug-likeness (QED) is 0.157. The predicted octanol–water partition coefficient (Wildman–Crippen LogP) is -0.704. The highest BCUT2D eigenvalue weighted by atomic mass is 16.6. The average Bonchev–Trinajstić information content (AvgIpc) is 3.25. The Morgan fingerprint density at radius 1 is 1.27 bits per heavy atom. The number of nitrogens with two attached hydrogens (primary N) is 1. The Labute approximate surface area is 131 Å². The zero-order chi connectivity index (χ0) is 16.5. The molecule has 0 bridgehead atoms. The lowest BCUT2D eigenvalue weighted by atomic mass is 10.0. The highest BCUT2D eigenvalue weighted by Crippen LogP contribution is 2.11. The first-order valence-corrected chi connectivity index (χ1v) is 7.67. The molecule has 1 aliphatic heterocycles. The number of guanidine groups is 1. The van der Waals surface area contributed by atoms with Crippen LogP contribution < -0.4 is 21.7 Å². The van der Waals surface area contributed by atoms with Gasteiger partial charge in [-0.2, -0.15) is 0 Å². The first-order valence-electron chi connectivity index (χ1n) is 7.67. The molecular weight excluding hydrogens is 286 g/mol. The van der Waals surface area contributed by atoms with E-state index in [1.165, 1.54) is 0 Å². The third kappa shape index (κ3) is 7.82. The van der Waals surface area contributed by atoms with Crippen molar-refractivity contribution >= 4 is 17.8 Å². The van der Waals surface area contributed by atoms with Crippen molar-refractivity contribution in [1.29, 1.82) is 5.41 Å². The van der Waals surface area contributed by atoms with Crippen molar-refractivity contribution in [2.45, 2.75) is 45.3 Å². The van der Waals surface area contributed by atoms with Crippen molar-refractivity contribution in [3.8, 4) is 0 Å². The van der Waals surface area contributed by atoms with Gasteiger partial charge in [-0.3, -0.25) is 15.0 Å². The van der Waals surface area contributed by atoms with Crippen LogP contribution in [0.2, 0.25) is 0 Å². The van der Waals surface area contributed by atoms with Crippen LogP contribution in [-0.2, 0) is 14.3 Å². The first kappa shape index (κ1) is 18.2. The van der Waals surface area contributed by atoms with Gasteiger partial charge in [0.15, 0.2) is 12.1 Å². The summed E-state index contributed by atoms with van der Waals surface area (Å²) in [6, 6.07) is -0.521. The van der Waals surface area contributed by atoms with E-state index < -0.39 is 6.04 Å². The maximum absolute atomic E-state index is 12.2. The predicted molar refractivity (Wildman–Crippen MR) is 83.3 cm³/mol. The Balaban J connectivity index is 2.26. The van der Waals surface area contributed by atoms with Gasteiger partial charge in [-0.05, 0) is 25.2 Å². The van der Waals surface area contributed by atoms with Crippen LogP contribution in [0, 0.1) is 11.3 Å². The molecule has 8 nitrogen and oxygen atoms in total. The Kier molecular flexibility index (Phi) is 7.65. The molecule has 6 N–H and O–H groups in total. The summed E-state index contributed by atoms with van der Waals surface area (Å²) in [5.41, 5.74) is 5.17. The molecule has 0 spiro atoms. The average molecular weight is 313 g/mol. The third-order valence-electron chi connectivity index (χ3n) is 3.18. The van der Waals surface area contributed by atoms with E-state index in [-0.39, 0.29) is 23.9 Å². The normalized spacial score (nSPS) is 17.7. The first-order chi connectivity index (χ1) is 10.4. The summed E-state index contributed by atoms with van der Waals surface area (Å²) in [6.45, 7) is 5.59. The van der Waals surface area contributed by atoms with E-state index in [2.05, 4.69) is 16.0 Å². The molecule has 0 aromatic rings. The third-order valence-corrected chi connectivity index (χ3v) is 3.18. The smallest absolute Gasteiger partial charge is 0.252 e. The molecule has 0 aliphatic carbocycles. The monoisotopic (exact) mass is 313 g/mol. The Hall–Kier alpha value is -1.83. The summed E-state index contributed by atoms with van der Waals surface area (Å²) in [7, 11) is 0. The van der Waals surface area contributed by atoms with Crippen LogP contribution in [0.5, 0.6) is 0 Å². The largest absolute Gasteiger partial charge is 0.370 e. The number of nitrogens with one attached hydrogen (secondary N) is 4.